The summed E-state index contributed by atoms with van der Waals surface area (Å²) in [5.74, 6) is -1.76. The molecule has 3 amide bonds. The smallest absolute Gasteiger partial charge is 0.329 e. The van der Waals surface area contributed by atoms with E-state index in [1.807, 2.05) is 19.9 Å². The van der Waals surface area contributed by atoms with E-state index in [4.69, 9.17) is 16.3 Å². The zero-order valence-electron chi connectivity index (χ0n) is 18.6. The van der Waals surface area contributed by atoms with Crippen LogP contribution in [-0.2, 0) is 14.4 Å². The maximum atomic E-state index is 12.2. The van der Waals surface area contributed by atoms with Gasteiger partial charge in [0.05, 0.1) is 6.21 Å². The Bertz CT molecular complexity index is 1240. The van der Waals surface area contributed by atoms with Crippen molar-refractivity contribution in [2.24, 2.45) is 5.10 Å². The second-order valence-electron chi connectivity index (χ2n) is 7.36. The van der Waals surface area contributed by atoms with Crippen LogP contribution in [0.4, 0.5) is 11.4 Å². The van der Waals surface area contributed by atoms with Crippen molar-refractivity contribution in [3.05, 3.63) is 88.4 Å². The van der Waals surface area contributed by atoms with Gasteiger partial charge in [0, 0.05) is 22.0 Å². The van der Waals surface area contributed by atoms with Gasteiger partial charge in [0.25, 0.3) is 5.91 Å². The highest BCUT2D eigenvalue weighted by molar-refractivity contribution is 6.39. The number of hydrogen-bond donors (Lipinski definition) is 3. The number of anilines is 2. The first-order valence-electron chi connectivity index (χ1n) is 10.3. The van der Waals surface area contributed by atoms with Gasteiger partial charge in [-0.25, -0.2) is 5.43 Å². The maximum absolute atomic E-state index is 12.2. The molecule has 0 atom stereocenters. The molecule has 174 valence electrons. The summed E-state index contributed by atoms with van der Waals surface area (Å²) in [6, 6.07) is 19.1. The van der Waals surface area contributed by atoms with Crippen molar-refractivity contribution in [3.63, 3.8) is 0 Å². The van der Waals surface area contributed by atoms with E-state index in [9.17, 15) is 14.4 Å². The summed E-state index contributed by atoms with van der Waals surface area (Å²) in [6.07, 6.45) is 1.32. The largest absolute Gasteiger partial charge is 0.483 e. The molecule has 8 nitrogen and oxygen atoms in total. The van der Waals surface area contributed by atoms with Crippen molar-refractivity contribution in [1.29, 1.82) is 0 Å². The second-order valence-corrected chi connectivity index (χ2v) is 7.77. The van der Waals surface area contributed by atoms with Crippen LogP contribution in [0, 0.1) is 13.8 Å². The minimum Gasteiger partial charge on any atom is -0.483 e. The summed E-state index contributed by atoms with van der Waals surface area (Å²) in [5.41, 5.74) is 5.60. The molecule has 0 aromatic heterocycles. The summed E-state index contributed by atoms with van der Waals surface area (Å²) >= 11 is 6.08. The molecule has 9 heteroatoms. The third-order valence-corrected chi connectivity index (χ3v) is 4.99. The molecular weight excluding hydrogens is 456 g/mol. The van der Waals surface area contributed by atoms with Crippen molar-refractivity contribution >= 4 is 46.9 Å². The Morgan fingerprint density at radius 3 is 2.44 bits per heavy atom. The molecule has 3 rings (SSSR count). The second kappa shape index (κ2) is 11.6. The Morgan fingerprint density at radius 2 is 1.68 bits per heavy atom. The highest BCUT2D eigenvalue weighted by atomic mass is 35.5. The third-order valence-electron chi connectivity index (χ3n) is 4.59. The molecule has 3 aromatic carbocycles. The number of halogens is 1. The molecule has 0 bridgehead atoms. The lowest BCUT2D eigenvalue weighted by Crippen LogP contribution is -2.32. The van der Waals surface area contributed by atoms with Gasteiger partial charge >= 0.3 is 11.8 Å². The number of benzene rings is 3. The van der Waals surface area contributed by atoms with E-state index < -0.39 is 11.8 Å². The first-order valence-corrected chi connectivity index (χ1v) is 10.7. The maximum Gasteiger partial charge on any atom is 0.329 e. The molecule has 0 heterocycles. The van der Waals surface area contributed by atoms with Crippen molar-refractivity contribution in [1.82, 2.24) is 5.43 Å². The topological polar surface area (TPSA) is 109 Å². The number of nitrogens with zero attached hydrogens (tertiary/aromatic N) is 1. The number of rotatable bonds is 7. The predicted molar refractivity (Wildman–Crippen MR) is 132 cm³/mol. The lowest BCUT2D eigenvalue weighted by atomic mass is 10.2. The lowest BCUT2D eigenvalue weighted by Gasteiger charge is -2.10. The van der Waals surface area contributed by atoms with Gasteiger partial charge in [-0.1, -0.05) is 41.9 Å². The Labute approximate surface area is 202 Å². The number of carbonyl (C=O) groups excluding carboxylic acids is 3. The standard InChI is InChI=1S/C25H23ClN4O4/c1-16-6-5-8-19(12-16)29-24(32)25(33)30-27-14-18-7-3-4-9-22(18)34-15-23(31)28-20-11-10-17(2)21(26)13-20/h3-14H,15H2,1-2H3,(H,28,31)(H,29,32)(H,30,33)/b27-14-. The zero-order valence-corrected chi connectivity index (χ0v) is 19.3. The van der Waals surface area contributed by atoms with Crippen LogP contribution in [0.25, 0.3) is 0 Å². The van der Waals surface area contributed by atoms with E-state index in [1.54, 1.807) is 60.7 Å². The van der Waals surface area contributed by atoms with Crippen LogP contribution in [0.5, 0.6) is 5.75 Å². The van der Waals surface area contributed by atoms with Gasteiger partial charge in [0.1, 0.15) is 5.75 Å². The number of nitrogens with one attached hydrogen (secondary N) is 3. The molecule has 34 heavy (non-hydrogen) atoms. The molecule has 0 saturated heterocycles. The van der Waals surface area contributed by atoms with Gasteiger partial charge in [-0.2, -0.15) is 5.10 Å². The van der Waals surface area contributed by atoms with Crippen molar-refractivity contribution < 1.29 is 19.1 Å². The zero-order chi connectivity index (χ0) is 24.5. The Kier molecular flexibility index (Phi) is 8.37. The van der Waals surface area contributed by atoms with Gasteiger partial charge in [0.15, 0.2) is 6.61 Å². The summed E-state index contributed by atoms with van der Waals surface area (Å²) in [4.78, 5) is 36.3. The monoisotopic (exact) mass is 478 g/mol. The number of hydrogen-bond acceptors (Lipinski definition) is 5. The molecule has 3 N–H and O–H groups in total. The van der Waals surface area contributed by atoms with Crippen LogP contribution in [-0.4, -0.2) is 30.5 Å². The molecule has 0 saturated carbocycles. The molecule has 0 fully saturated rings. The van der Waals surface area contributed by atoms with Crippen LogP contribution in [0.15, 0.2) is 71.8 Å². The molecule has 0 spiro atoms. The number of carbonyl (C=O) groups is 3. The van der Waals surface area contributed by atoms with E-state index in [1.165, 1.54) is 6.21 Å². The predicted octanol–water partition coefficient (Wildman–Crippen LogP) is 4.06. The van der Waals surface area contributed by atoms with E-state index in [0.29, 0.717) is 27.7 Å². The van der Waals surface area contributed by atoms with E-state index in [0.717, 1.165) is 11.1 Å². The minimum atomic E-state index is -0.924. The average molecular weight is 479 g/mol. The molecule has 0 aliphatic heterocycles. The Balaban J connectivity index is 1.53. The number of ether oxygens (including phenoxy) is 1. The van der Waals surface area contributed by atoms with Crippen molar-refractivity contribution in [3.8, 4) is 5.75 Å². The fraction of sp³-hybridized carbons (Fsp3) is 0.120. The highest BCUT2D eigenvalue weighted by Crippen LogP contribution is 2.20. The Hall–Kier alpha value is -4.17. The van der Waals surface area contributed by atoms with Crippen LogP contribution < -0.4 is 20.8 Å². The normalized spacial score (nSPS) is 10.6. The molecule has 0 aliphatic rings. The minimum absolute atomic E-state index is 0.248. The number of para-hydroxylation sites is 1. The summed E-state index contributed by atoms with van der Waals surface area (Å²) in [7, 11) is 0. The van der Waals surface area contributed by atoms with Gasteiger partial charge < -0.3 is 15.4 Å². The summed E-state index contributed by atoms with van der Waals surface area (Å²) in [5, 5.41) is 9.58. The molecule has 3 aromatic rings. The molecular formula is C25H23ClN4O4. The van der Waals surface area contributed by atoms with Gasteiger partial charge in [0.2, 0.25) is 0 Å². The fourth-order valence-corrected chi connectivity index (χ4v) is 3.03. The number of hydrazone groups is 1. The lowest BCUT2D eigenvalue weighted by molar-refractivity contribution is -0.136. The molecule has 0 radical (unpaired) electrons. The van der Waals surface area contributed by atoms with E-state index >= 15 is 0 Å². The highest BCUT2D eigenvalue weighted by Gasteiger charge is 2.13. The van der Waals surface area contributed by atoms with Gasteiger partial charge in [-0.3, -0.25) is 14.4 Å². The van der Waals surface area contributed by atoms with Crippen LogP contribution in [0.2, 0.25) is 5.02 Å². The molecule has 0 aliphatic carbocycles. The number of aryl methyl sites for hydroxylation is 2. The van der Waals surface area contributed by atoms with Crippen molar-refractivity contribution in [2.45, 2.75) is 13.8 Å². The SMILES string of the molecule is Cc1cccc(NC(=O)C(=O)N/N=C\c2ccccc2OCC(=O)Nc2ccc(C)c(Cl)c2)c1. The van der Waals surface area contributed by atoms with E-state index in [2.05, 4.69) is 21.2 Å². The first-order chi connectivity index (χ1) is 16.3. The molecule has 0 unspecified atom stereocenters. The number of amides is 3. The van der Waals surface area contributed by atoms with Gasteiger partial charge in [-0.15, -0.1) is 0 Å². The Morgan fingerprint density at radius 1 is 0.912 bits per heavy atom. The van der Waals surface area contributed by atoms with E-state index in [-0.39, 0.29) is 12.5 Å². The van der Waals surface area contributed by atoms with Crippen LogP contribution in [0.3, 0.4) is 0 Å². The van der Waals surface area contributed by atoms with Crippen LogP contribution in [0.1, 0.15) is 16.7 Å². The summed E-state index contributed by atoms with van der Waals surface area (Å²) in [6.45, 7) is 3.50. The van der Waals surface area contributed by atoms with Crippen molar-refractivity contribution in [2.75, 3.05) is 17.2 Å². The fourth-order valence-electron chi connectivity index (χ4n) is 2.85. The van der Waals surface area contributed by atoms with Crippen LogP contribution >= 0.6 is 11.6 Å². The first kappa shape index (κ1) is 24.5. The average Bonchev–Trinajstić information content (AvgIpc) is 2.80. The summed E-state index contributed by atoms with van der Waals surface area (Å²) < 4.78 is 5.59. The third kappa shape index (κ3) is 7.18. The quantitative estimate of drug-likeness (QED) is 0.270. The van der Waals surface area contributed by atoms with Gasteiger partial charge in [-0.05, 0) is 61.4 Å².